The van der Waals surface area contributed by atoms with E-state index in [0.717, 1.165) is 5.92 Å². The summed E-state index contributed by atoms with van der Waals surface area (Å²) in [5, 5.41) is 0. The third-order valence-corrected chi connectivity index (χ3v) is 4.37. The fourth-order valence-corrected chi connectivity index (χ4v) is 2.96. The van der Waals surface area contributed by atoms with Crippen LogP contribution in [0.5, 0.6) is 0 Å². The lowest BCUT2D eigenvalue weighted by Gasteiger charge is -2.34. The van der Waals surface area contributed by atoms with E-state index < -0.39 is 0 Å². The van der Waals surface area contributed by atoms with Crippen LogP contribution in [-0.2, 0) is 0 Å². The smallest absolute Gasteiger partial charge is 0.0303 e. The van der Waals surface area contributed by atoms with Crippen molar-refractivity contribution in [2.24, 2.45) is 11.3 Å². The Labute approximate surface area is 97.8 Å². The summed E-state index contributed by atoms with van der Waals surface area (Å²) in [4.78, 5) is 0. The minimum absolute atomic E-state index is 0.648. The average Bonchev–Trinajstić information content (AvgIpc) is 2.27. The van der Waals surface area contributed by atoms with Crippen molar-refractivity contribution in [3.63, 3.8) is 0 Å². The van der Waals surface area contributed by atoms with Crippen molar-refractivity contribution < 1.29 is 0 Å². The molecule has 0 amide bonds. The van der Waals surface area contributed by atoms with Gasteiger partial charge in [0.15, 0.2) is 0 Å². The molecule has 0 N–H and O–H groups in total. The van der Waals surface area contributed by atoms with Gasteiger partial charge in [-0.3, -0.25) is 0 Å². The van der Waals surface area contributed by atoms with E-state index in [0.29, 0.717) is 5.41 Å². The lowest BCUT2D eigenvalue weighted by atomic mass is 9.71. The van der Waals surface area contributed by atoms with Crippen LogP contribution in [0.1, 0.15) is 86.0 Å². The summed E-state index contributed by atoms with van der Waals surface area (Å²) in [6, 6.07) is 0. The summed E-state index contributed by atoms with van der Waals surface area (Å²) in [6.45, 7) is 11.8. The topological polar surface area (TPSA) is 0 Å². The van der Waals surface area contributed by atoms with E-state index in [-0.39, 0.29) is 0 Å². The molecule has 15 heavy (non-hydrogen) atoms. The first-order valence-corrected chi connectivity index (χ1v) is 7.17. The normalized spacial score (nSPS) is 12.4. The molecule has 0 heteroatoms. The molecule has 0 aromatic rings. The second kappa shape index (κ2) is 8.19. The van der Waals surface area contributed by atoms with Gasteiger partial charge in [-0.2, -0.15) is 0 Å². The molecular formula is C15H32. The predicted molar refractivity (Wildman–Crippen MR) is 71.2 cm³/mol. The molecule has 0 unspecified atom stereocenters. The fraction of sp³-hybridized carbons (Fsp3) is 1.00. The third kappa shape index (κ3) is 5.04. The highest BCUT2D eigenvalue weighted by atomic mass is 14.3. The van der Waals surface area contributed by atoms with Crippen LogP contribution in [0.25, 0.3) is 0 Å². The first kappa shape index (κ1) is 15.0. The highest BCUT2D eigenvalue weighted by Crippen LogP contribution is 2.39. The Balaban J connectivity index is 4.30. The SMILES string of the molecule is CCCC(CCC)CC(CC)(CC)CC. The molecule has 0 spiro atoms. The van der Waals surface area contributed by atoms with Gasteiger partial charge in [-0.15, -0.1) is 0 Å². The van der Waals surface area contributed by atoms with Crippen LogP contribution >= 0.6 is 0 Å². The maximum atomic E-state index is 2.38. The molecule has 0 aliphatic carbocycles. The minimum Gasteiger partial charge on any atom is -0.0654 e. The van der Waals surface area contributed by atoms with Crippen LogP contribution in [-0.4, -0.2) is 0 Å². The third-order valence-electron chi connectivity index (χ3n) is 4.37. The van der Waals surface area contributed by atoms with Gasteiger partial charge >= 0.3 is 0 Å². The highest BCUT2D eigenvalue weighted by Gasteiger charge is 2.26. The molecule has 0 rings (SSSR count). The zero-order valence-corrected chi connectivity index (χ0v) is 11.7. The van der Waals surface area contributed by atoms with Crippen LogP contribution in [0.15, 0.2) is 0 Å². The lowest BCUT2D eigenvalue weighted by molar-refractivity contribution is 0.174. The zero-order valence-electron chi connectivity index (χ0n) is 11.7. The van der Waals surface area contributed by atoms with Gasteiger partial charge in [0.2, 0.25) is 0 Å². The summed E-state index contributed by atoms with van der Waals surface area (Å²) in [5.74, 6) is 0.986. The van der Waals surface area contributed by atoms with Gasteiger partial charge < -0.3 is 0 Å². The second-order valence-corrected chi connectivity index (χ2v) is 5.21. The van der Waals surface area contributed by atoms with Crippen LogP contribution in [0.4, 0.5) is 0 Å². The molecule has 0 fully saturated rings. The van der Waals surface area contributed by atoms with Gasteiger partial charge in [-0.25, -0.2) is 0 Å². The Morgan fingerprint density at radius 2 is 1.13 bits per heavy atom. The Morgan fingerprint density at radius 3 is 1.40 bits per heavy atom. The van der Waals surface area contributed by atoms with Crippen molar-refractivity contribution in [3.8, 4) is 0 Å². The minimum atomic E-state index is 0.648. The van der Waals surface area contributed by atoms with E-state index in [1.165, 1.54) is 51.4 Å². The summed E-state index contributed by atoms with van der Waals surface area (Å²) >= 11 is 0. The molecule has 0 saturated carbocycles. The van der Waals surface area contributed by atoms with E-state index in [2.05, 4.69) is 34.6 Å². The van der Waals surface area contributed by atoms with E-state index in [4.69, 9.17) is 0 Å². The maximum absolute atomic E-state index is 2.38. The van der Waals surface area contributed by atoms with Crippen LogP contribution in [0.2, 0.25) is 0 Å². The summed E-state index contributed by atoms with van der Waals surface area (Å²) in [7, 11) is 0. The molecule has 92 valence electrons. The van der Waals surface area contributed by atoms with Gasteiger partial charge in [-0.1, -0.05) is 79.6 Å². The molecule has 0 aliphatic rings. The molecule has 0 radical (unpaired) electrons. The monoisotopic (exact) mass is 212 g/mol. The Hall–Kier alpha value is 0. The van der Waals surface area contributed by atoms with E-state index >= 15 is 0 Å². The predicted octanol–water partition coefficient (Wildman–Crippen LogP) is 5.81. The molecule has 0 aromatic heterocycles. The molecule has 0 saturated heterocycles. The summed E-state index contributed by atoms with van der Waals surface area (Å²) < 4.78 is 0. The van der Waals surface area contributed by atoms with Crippen LogP contribution in [0.3, 0.4) is 0 Å². The fourth-order valence-electron chi connectivity index (χ4n) is 2.96. The first-order valence-electron chi connectivity index (χ1n) is 7.17. The van der Waals surface area contributed by atoms with Crippen molar-refractivity contribution in [2.45, 2.75) is 86.0 Å². The number of rotatable bonds is 9. The van der Waals surface area contributed by atoms with Crippen molar-refractivity contribution in [1.29, 1.82) is 0 Å². The molecular weight excluding hydrogens is 180 g/mol. The maximum Gasteiger partial charge on any atom is -0.0303 e. The summed E-state index contributed by atoms with van der Waals surface area (Å²) in [5.41, 5.74) is 0.648. The van der Waals surface area contributed by atoms with Crippen molar-refractivity contribution in [1.82, 2.24) is 0 Å². The van der Waals surface area contributed by atoms with Gasteiger partial charge in [0, 0.05) is 0 Å². The van der Waals surface area contributed by atoms with E-state index in [1.807, 2.05) is 0 Å². The summed E-state index contributed by atoms with van der Waals surface area (Å²) in [6.07, 6.45) is 11.2. The zero-order chi connectivity index (χ0) is 11.7. The number of hydrogen-bond acceptors (Lipinski definition) is 0. The quantitative estimate of drug-likeness (QED) is 0.452. The highest BCUT2D eigenvalue weighted by molar-refractivity contribution is 4.78. The molecule has 0 atom stereocenters. The van der Waals surface area contributed by atoms with E-state index in [1.54, 1.807) is 0 Å². The largest absolute Gasteiger partial charge is 0.0654 e. The van der Waals surface area contributed by atoms with Gasteiger partial charge in [-0.05, 0) is 17.8 Å². The van der Waals surface area contributed by atoms with Crippen molar-refractivity contribution in [2.75, 3.05) is 0 Å². The van der Waals surface area contributed by atoms with Gasteiger partial charge in [0.05, 0.1) is 0 Å². The van der Waals surface area contributed by atoms with E-state index in [9.17, 15) is 0 Å². The molecule has 0 aliphatic heterocycles. The Kier molecular flexibility index (Phi) is 8.19. The lowest BCUT2D eigenvalue weighted by Crippen LogP contribution is -2.22. The second-order valence-electron chi connectivity index (χ2n) is 5.21. The van der Waals surface area contributed by atoms with Crippen LogP contribution in [0, 0.1) is 11.3 Å². The van der Waals surface area contributed by atoms with Crippen molar-refractivity contribution >= 4 is 0 Å². The molecule has 0 nitrogen and oxygen atoms in total. The standard InChI is InChI=1S/C15H32/c1-6-11-14(12-7-2)13-15(8-3,9-4)10-5/h14H,6-13H2,1-5H3. The molecule has 0 aromatic carbocycles. The van der Waals surface area contributed by atoms with Gasteiger partial charge in [0.25, 0.3) is 0 Å². The molecule has 0 bridgehead atoms. The Morgan fingerprint density at radius 1 is 0.733 bits per heavy atom. The average molecular weight is 212 g/mol. The number of hydrogen-bond donors (Lipinski definition) is 0. The first-order chi connectivity index (χ1) is 7.17. The van der Waals surface area contributed by atoms with Crippen LogP contribution < -0.4 is 0 Å². The Bertz CT molecular complexity index is 119. The van der Waals surface area contributed by atoms with Gasteiger partial charge in [0.1, 0.15) is 0 Å². The van der Waals surface area contributed by atoms with Crippen molar-refractivity contribution in [3.05, 3.63) is 0 Å². The molecule has 0 heterocycles.